The highest BCUT2D eigenvalue weighted by molar-refractivity contribution is 6.42. The molecule has 4 rings (SSSR count). The van der Waals surface area contributed by atoms with Gasteiger partial charge >= 0.3 is 12.0 Å². The molecular weight excluding hydrogens is 475 g/mol. The van der Waals surface area contributed by atoms with Crippen molar-refractivity contribution in [2.45, 2.75) is 19.9 Å². The van der Waals surface area contributed by atoms with Gasteiger partial charge in [0.15, 0.2) is 5.69 Å². The number of urea groups is 1. The van der Waals surface area contributed by atoms with Crippen molar-refractivity contribution in [1.82, 2.24) is 14.7 Å². The van der Waals surface area contributed by atoms with E-state index in [4.69, 9.17) is 39.5 Å². The lowest BCUT2D eigenvalue weighted by molar-refractivity contribution is 0.0516. The second-order valence-electron chi connectivity index (χ2n) is 7.11. The molecule has 0 saturated heterocycles. The molecule has 0 spiro atoms. The highest BCUT2D eigenvalue weighted by Gasteiger charge is 2.31. The molecule has 32 heavy (non-hydrogen) atoms. The number of amides is 2. The van der Waals surface area contributed by atoms with Crippen LogP contribution in [0, 0.1) is 0 Å². The van der Waals surface area contributed by atoms with E-state index in [-0.39, 0.29) is 24.9 Å². The summed E-state index contributed by atoms with van der Waals surface area (Å²) >= 11 is 18.0. The second-order valence-corrected chi connectivity index (χ2v) is 8.36. The Morgan fingerprint density at radius 3 is 2.53 bits per heavy atom. The Labute approximate surface area is 199 Å². The zero-order valence-corrected chi connectivity index (χ0v) is 19.3. The maximum Gasteiger partial charge on any atom is 0.359 e. The number of benzene rings is 2. The van der Waals surface area contributed by atoms with E-state index in [1.807, 2.05) is 12.1 Å². The Bertz CT molecular complexity index is 1180. The predicted octanol–water partition coefficient (Wildman–Crippen LogP) is 5.60. The van der Waals surface area contributed by atoms with Crippen LogP contribution in [-0.4, -0.2) is 39.8 Å². The molecule has 2 aromatic carbocycles. The number of fused-ring (bicyclic) bond motifs is 1. The SMILES string of the molecule is CCOC(=O)c1nn(-c2ccc(Cl)cc2)c2c1CN(C(=O)Nc1ccc(Cl)c(Cl)c1)CC2. The average molecular weight is 494 g/mol. The number of halogens is 3. The highest BCUT2D eigenvalue weighted by atomic mass is 35.5. The van der Waals surface area contributed by atoms with Gasteiger partial charge in [-0.15, -0.1) is 0 Å². The topological polar surface area (TPSA) is 76.5 Å². The average Bonchev–Trinajstić information content (AvgIpc) is 3.16. The Morgan fingerprint density at radius 1 is 1.09 bits per heavy atom. The molecule has 0 bridgehead atoms. The van der Waals surface area contributed by atoms with Gasteiger partial charge in [0, 0.05) is 29.2 Å². The third kappa shape index (κ3) is 4.55. The van der Waals surface area contributed by atoms with E-state index in [1.54, 1.807) is 46.8 Å². The molecule has 10 heteroatoms. The molecule has 0 fully saturated rings. The molecule has 0 aliphatic carbocycles. The summed E-state index contributed by atoms with van der Waals surface area (Å²) in [6, 6.07) is 11.7. The van der Waals surface area contributed by atoms with Gasteiger partial charge in [-0.1, -0.05) is 34.8 Å². The molecule has 0 atom stereocenters. The maximum atomic E-state index is 12.9. The van der Waals surface area contributed by atoms with E-state index in [9.17, 15) is 9.59 Å². The third-order valence-electron chi connectivity index (χ3n) is 5.06. The molecule has 3 aromatic rings. The minimum Gasteiger partial charge on any atom is -0.461 e. The van der Waals surface area contributed by atoms with Crippen LogP contribution < -0.4 is 5.32 Å². The lowest BCUT2D eigenvalue weighted by Crippen LogP contribution is -2.39. The maximum absolute atomic E-state index is 12.9. The number of carbonyl (C=O) groups excluding carboxylic acids is 2. The number of nitrogens with one attached hydrogen (secondary N) is 1. The van der Waals surface area contributed by atoms with E-state index in [1.165, 1.54) is 0 Å². The van der Waals surface area contributed by atoms with Crippen LogP contribution in [0.5, 0.6) is 0 Å². The van der Waals surface area contributed by atoms with Crippen molar-refractivity contribution in [3.63, 3.8) is 0 Å². The van der Waals surface area contributed by atoms with Crippen LogP contribution in [0.4, 0.5) is 10.5 Å². The van der Waals surface area contributed by atoms with Gasteiger partial charge in [-0.2, -0.15) is 5.10 Å². The fraction of sp³-hybridized carbons (Fsp3) is 0.227. The number of carbonyl (C=O) groups is 2. The second kappa shape index (κ2) is 9.40. The number of hydrogen-bond donors (Lipinski definition) is 1. The van der Waals surface area contributed by atoms with Crippen LogP contribution in [0.2, 0.25) is 15.1 Å². The standard InChI is InChI=1S/C22H19Cl3N4O3/c1-2-32-21(30)20-16-12-28(22(31)26-14-5-8-17(24)18(25)11-14)10-9-19(16)29(27-20)15-6-3-13(23)4-7-15/h3-8,11H,2,9-10,12H2,1H3,(H,26,31). The normalized spacial score (nSPS) is 12.9. The summed E-state index contributed by atoms with van der Waals surface area (Å²) in [5.41, 5.74) is 3.01. The summed E-state index contributed by atoms with van der Waals surface area (Å²) in [5, 5.41) is 8.69. The van der Waals surface area contributed by atoms with E-state index >= 15 is 0 Å². The van der Waals surface area contributed by atoms with E-state index in [0.29, 0.717) is 39.3 Å². The van der Waals surface area contributed by atoms with Gasteiger partial charge in [0.05, 0.1) is 34.6 Å². The molecule has 2 heterocycles. The Hall–Kier alpha value is -2.74. The summed E-state index contributed by atoms with van der Waals surface area (Å²) in [5.74, 6) is -0.525. The van der Waals surface area contributed by atoms with Crippen molar-refractivity contribution in [2.75, 3.05) is 18.5 Å². The summed E-state index contributed by atoms with van der Waals surface area (Å²) in [7, 11) is 0. The van der Waals surface area contributed by atoms with E-state index < -0.39 is 5.97 Å². The molecule has 1 aliphatic heterocycles. The molecule has 0 radical (unpaired) electrons. The van der Waals surface area contributed by atoms with Crippen LogP contribution in [0.25, 0.3) is 5.69 Å². The van der Waals surface area contributed by atoms with Gasteiger partial charge in [-0.3, -0.25) is 0 Å². The van der Waals surface area contributed by atoms with Crippen LogP contribution in [0.1, 0.15) is 28.7 Å². The lowest BCUT2D eigenvalue weighted by Gasteiger charge is -2.28. The van der Waals surface area contributed by atoms with Crippen molar-refractivity contribution in [3.05, 3.63) is 74.5 Å². The summed E-state index contributed by atoms with van der Waals surface area (Å²) < 4.78 is 6.91. The van der Waals surface area contributed by atoms with Crippen LogP contribution >= 0.6 is 34.8 Å². The first-order valence-corrected chi connectivity index (χ1v) is 11.1. The van der Waals surface area contributed by atoms with Crippen molar-refractivity contribution < 1.29 is 14.3 Å². The minimum atomic E-state index is -0.525. The molecule has 1 N–H and O–H groups in total. The third-order valence-corrected chi connectivity index (χ3v) is 6.05. The van der Waals surface area contributed by atoms with Crippen LogP contribution in [-0.2, 0) is 17.7 Å². The number of aromatic nitrogens is 2. The molecule has 0 unspecified atom stereocenters. The number of nitrogens with zero attached hydrogens (tertiary/aromatic N) is 3. The molecule has 1 aromatic heterocycles. The Balaban J connectivity index is 1.63. The van der Waals surface area contributed by atoms with Gasteiger partial charge in [0.2, 0.25) is 0 Å². The van der Waals surface area contributed by atoms with E-state index in [0.717, 1.165) is 11.4 Å². The predicted molar refractivity (Wildman–Crippen MR) is 124 cm³/mol. The molecule has 166 valence electrons. The summed E-state index contributed by atoms with van der Waals surface area (Å²) in [6.07, 6.45) is 0.513. The van der Waals surface area contributed by atoms with Crippen molar-refractivity contribution in [1.29, 1.82) is 0 Å². The minimum absolute atomic E-state index is 0.198. The largest absolute Gasteiger partial charge is 0.461 e. The highest BCUT2D eigenvalue weighted by Crippen LogP contribution is 2.28. The fourth-order valence-electron chi connectivity index (χ4n) is 3.53. The monoisotopic (exact) mass is 492 g/mol. The fourth-order valence-corrected chi connectivity index (χ4v) is 3.95. The summed E-state index contributed by atoms with van der Waals surface area (Å²) in [4.78, 5) is 27.1. The first kappa shape index (κ1) is 22.5. The summed E-state index contributed by atoms with van der Waals surface area (Å²) in [6.45, 7) is 2.62. The van der Waals surface area contributed by atoms with Gasteiger partial charge in [-0.25, -0.2) is 14.3 Å². The molecule has 1 aliphatic rings. The smallest absolute Gasteiger partial charge is 0.359 e. The first-order chi connectivity index (χ1) is 15.4. The molecule has 0 saturated carbocycles. The quantitative estimate of drug-likeness (QED) is 0.480. The van der Waals surface area contributed by atoms with Crippen LogP contribution in [0.3, 0.4) is 0 Å². The van der Waals surface area contributed by atoms with E-state index in [2.05, 4.69) is 10.4 Å². The van der Waals surface area contributed by atoms with Crippen molar-refractivity contribution in [2.24, 2.45) is 0 Å². The molecule has 2 amide bonds. The zero-order valence-electron chi connectivity index (χ0n) is 17.1. The lowest BCUT2D eigenvalue weighted by atomic mass is 10.0. The van der Waals surface area contributed by atoms with Gasteiger partial charge in [0.25, 0.3) is 0 Å². The Kier molecular flexibility index (Phi) is 6.60. The molecular formula is C22H19Cl3N4O3. The first-order valence-electron chi connectivity index (χ1n) is 9.92. The number of ether oxygens (including phenoxy) is 1. The molecule has 7 nitrogen and oxygen atoms in total. The number of esters is 1. The number of rotatable bonds is 4. The Morgan fingerprint density at radius 2 is 1.84 bits per heavy atom. The van der Waals surface area contributed by atoms with Crippen LogP contribution in [0.15, 0.2) is 42.5 Å². The van der Waals surface area contributed by atoms with Crippen molar-refractivity contribution in [3.8, 4) is 5.69 Å². The van der Waals surface area contributed by atoms with Gasteiger partial charge in [-0.05, 0) is 49.4 Å². The van der Waals surface area contributed by atoms with Gasteiger partial charge < -0.3 is 15.0 Å². The number of anilines is 1. The van der Waals surface area contributed by atoms with Gasteiger partial charge in [0.1, 0.15) is 0 Å². The zero-order chi connectivity index (χ0) is 22.8. The number of hydrogen-bond acceptors (Lipinski definition) is 4. The van der Waals surface area contributed by atoms with Crippen molar-refractivity contribution >= 4 is 52.5 Å².